The van der Waals surface area contributed by atoms with E-state index in [1.54, 1.807) is 24.3 Å². The fourth-order valence-corrected chi connectivity index (χ4v) is 2.49. The Morgan fingerprint density at radius 1 is 1.00 bits per heavy atom. The van der Waals surface area contributed by atoms with Crippen molar-refractivity contribution in [2.24, 2.45) is 0 Å². The normalized spacial score (nSPS) is 11.0. The molecule has 0 N–H and O–H groups in total. The lowest BCUT2D eigenvalue weighted by Crippen LogP contribution is -2.01. The van der Waals surface area contributed by atoms with Crippen molar-refractivity contribution < 1.29 is 22.7 Å². The van der Waals surface area contributed by atoms with Crippen molar-refractivity contribution >= 4 is 11.2 Å². The quantitative estimate of drug-likeness (QED) is 0.459. The molecule has 28 heavy (non-hydrogen) atoms. The number of aromatic nitrogens is 3. The summed E-state index contributed by atoms with van der Waals surface area (Å²) < 4.78 is 44.1. The summed E-state index contributed by atoms with van der Waals surface area (Å²) in [5.41, 5.74) is 0.802. The van der Waals surface area contributed by atoms with Gasteiger partial charge in [0.2, 0.25) is 5.89 Å². The monoisotopic (exact) mass is 383 g/mol. The molecule has 6 nitrogen and oxygen atoms in total. The van der Waals surface area contributed by atoms with Crippen molar-refractivity contribution in [2.75, 3.05) is 6.61 Å². The van der Waals surface area contributed by atoms with Gasteiger partial charge in [-0.25, -0.2) is 13.8 Å². The highest BCUT2D eigenvalue weighted by Gasteiger charge is 2.19. The molecule has 0 amide bonds. The van der Waals surface area contributed by atoms with E-state index in [-0.39, 0.29) is 34.8 Å². The third-order valence-electron chi connectivity index (χ3n) is 3.76. The van der Waals surface area contributed by atoms with Gasteiger partial charge < -0.3 is 13.9 Å². The van der Waals surface area contributed by atoms with Crippen molar-refractivity contribution in [2.45, 2.75) is 13.3 Å². The average molecular weight is 383 g/mol. The smallest absolute Gasteiger partial charge is 0.328 e. The van der Waals surface area contributed by atoms with E-state index in [0.717, 1.165) is 6.42 Å². The summed E-state index contributed by atoms with van der Waals surface area (Å²) in [5, 5.41) is 0. The fraction of sp³-hybridized carbons (Fsp3) is 0.150. The minimum Gasteiger partial charge on any atom is -0.476 e. The van der Waals surface area contributed by atoms with E-state index in [2.05, 4.69) is 15.0 Å². The van der Waals surface area contributed by atoms with Crippen LogP contribution in [-0.2, 0) is 0 Å². The topological polar surface area (TPSA) is 70.3 Å². The van der Waals surface area contributed by atoms with Gasteiger partial charge in [-0.1, -0.05) is 25.1 Å². The van der Waals surface area contributed by atoms with E-state index in [9.17, 15) is 8.78 Å². The third-order valence-corrected chi connectivity index (χ3v) is 3.76. The van der Waals surface area contributed by atoms with Gasteiger partial charge in [-0.15, -0.1) is 0 Å². The van der Waals surface area contributed by atoms with Crippen molar-refractivity contribution in [3.63, 3.8) is 0 Å². The van der Waals surface area contributed by atoms with Crippen LogP contribution in [0.15, 0.2) is 52.9 Å². The fourth-order valence-electron chi connectivity index (χ4n) is 2.49. The highest BCUT2D eigenvalue weighted by molar-refractivity contribution is 5.77. The van der Waals surface area contributed by atoms with Crippen LogP contribution in [0.25, 0.3) is 22.7 Å². The van der Waals surface area contributed by atoms with Crippen LogP contribution in [0.1, 0.15) is 13.3 Å². The lowest BCUT2D eigenvalue weighted by molar-refractivity contribution is 0.301. The summed E-state index contributed by atoms with van der Waals surface area (Å²) >= 11 is 0. The molecular weight excluding hydrogens is 368 g/mol. The lowest BCUT2D eigenvalue weighted by atomic mass is 10.2. The van der Waals surface area contributed by atoms with Gasteiger partial charge in [0.1, 0.15) is 5.82 Å². The van der Waals surface area contributed by atoms with E-state index >= 15 is 0 Å². The number of rotatable bonds is 6. The van der Waals surface area contributed by atoms with Crippen LogP contribution < -0.4 is 9.47 Å². The molecule has 0 saturated carbocycles. The second-order valence-electron chi connectivity index (χ2n) is 5.88. The predicted molar refractivity (Wildman–Crippen MR) is 97.3 cm³/mol. The highest BCUT2D eigenvalue weighted by Crippen LogP contribution is 2.31. The molecule has 0 bridgehead atoms. The summed E-state index contributed by atoms with van der Waals surface area (Å²) in [5.74, 6) is -0.706. The van der Waals surface area contributed by atoms with Crippen LogP contribution >= 0.6 is 0 Å². The zero-order valence-electron chi connectivity index (χ0n) is 14.9. The zero-order valence-corrected chi connectivity index (χ0v) is 14.9. The molecular formula is C20H15F2N3O3. The Balaban J connectivity index is 1.78. The Morgan fingerprint density at radius 3 is 2.64 bits per heavy atom. The summed E-state index contributed by atoms with van der Waals surface area (Å²) in [7, 11) is 0. The second-order valence-corrected chi connectivity index (χ2v) is 5.88. The molecule has 0 aliphatic carbocycles. The molecule has 0 atom stereocenters. The number of nitrogens with zero attached hydrogens (tertiary/aromatic N) is 3. The SMILES string of the molecule is CCCOc1nc(Oc2ccccc2F)nc2oc(-c3cccc(F)c3)nc12. The zero-order chi connectivity index (χ0) is 19.5. The number of oxazole rings is 1. The molecule has 0 spiro atoms. The van der Waals surface area contributed by atoms with Crippen LogP contribution in [-0.4, -0.2) is 21.6 Å². The van der Waals surface area contributed by atoms with Gasteiger partial charge in [0, 0.05) is 5.56 Å². The lowest BCUT2D eigenvalue weighted by Gasteiger charge is -2.07. The van der Waals surface area contributed by atoms with E-state index < -0.39 is 11.6 Å². The number of ether oxygens (including phenoxy) is 2. The molecule has 2 aromatic carbocycles. The van der Waals surface area contributed by atoms with Gasteiger partial charge >= 0.3 is 6.01 Å². The highest BCUT2D eigenvalue weighted by atomic mass is 19.1. The maximum atomic E-state index is 13.9. The summed E-state index contributed by atoms with van der Waals surface area (Å²) in [6.07, 6.45) is 0.740. The van der Waals surface area contributed by atoms with Crippen LogP contribution in [0.3, 0.4) is 0 Å². The van der Waals surface area contributed by atoms with Gasteiger partial charge in [0.05, 0.1) is 6.61 Å². The predicted octanol–water partition coefficient (Wildman–Crippen LogP) is 5.14. The average Bonchev–Trinajstić information content (AvgIpc) is 3.12. The van der Waals surface area contributed by atoms with Crippen LogP contribution in [0.5, 0.6) is 17.6 Å². The molecule has 0 radical (unpaired) electrons. The first kappa shape index (κ1) is 17.8. The number of fused-ring (bicyclic) bond motifs is 1. The molecule has 4 rings (SSSR count). The molecule has 0 aliphatic heterocycles. The first-order chi connectivity index (χ1) is 13.6. The van der Waals surface area contributed by atoms with Crippen LogP contribution in [0, 0.1) is 11.6 Å². The number of halogens is 2. The van der Waals surface area contributed by atoms with E-state index in [1.165, 1.54) is 24.3 Å². The van der Waals surface area contributed by atoms with Gasteiger partial charge in [-0.05, 0) is 36.8 Å². The third kappa shape index (κ3) is 3.62. The molecule has 0 saturated heterocycles. The Bertz CT molecular complexity index is 1130. The molecule has 4 aromatic rings. The van der Waals surface area contributed by atoms with Gasteiger partial charge in [0.25, 0.3) is 11.6 Å². The Morgan fingerprint density at radius 2 is 1.86 bits per heavy atom. The van der Waals surface area contributed by atoms with Crippen molar-refractivity contribution in [1.29, 1.82) is 0 Å². The molecule has 8 heteroatoms. The maximum absolute atomic E-state index is 13.9. The van der Waals surface area contributed by atoms with Gasteiger partial charge in [0.15, 0.2) is 17.1 Å². The number of para-hydroxylation sites is 1. The number of benzene rings is 2. The summed E-state index contributed by atoms with van der Waals surface area (Å²) in [4.78, 5) is 12.7. The second kappa shape index (κ2) is 7.59. The molecule has 2 heterocycles. The number of hydrogen-bond donors (Lipinski definition) is 0. The van der Waals surface area contributed by atoms with E-state index in [4.69, 9.17) is 13.9 Å². The standard InChI is InChI=1S/C20H15F2N3O3/c1-2-10-26-18-16-19(28-17(23-16)12-6-5-7-13(21)11-12)25-20(24-18)27-15-9-4-3-8-14(15)22/h3-9,11H,2,10H2,1H3. The summed E-state index contributed by atoms with van der Waals surface area (Å²) in [6.45, 7) is 2.32. The Hall–Kier alpha value is -3.55. The van der Waals surface area contributed by atoms with Gasteiger partial charge in [-0.3, -0.25) is 0 Å². The molecule has 0 aliphatic rings. The van der Waals surface area contributed by atoms with Crippen LogP contribution in [0.4, 0.5) is 8.78 Å². The van der Waals surface area contributed by atoms with E-state index in [0.29, 0.717) is 12.2 Å². The van der Waals surface area contributed by atoms with Crippen molar-refractivity contribution in [1.82, 2.24) is 15.0 Å². The Labute approximate surface area is 158 Å². The molecule has 142 valence electrons. The first-order valence-electron chi connectivity index (χ1n) is 8.63. The molecule has 0 unspecified atom stereocenters. The number of hydrogen-bond acceptors (Lipinski definition) is 6. The van der Waals surface area contributed by atoms with Crippen molar-refractivity contribution in [3.05, 3.63) is 60.2 Å². The molecule has 2 aromatic heterocycles. The minimum absolute atomic E-state index is 0.0341. The first-order valence-corrected chi connectivity index (χ1v) is 8.63. The maximum Gasteiger partial charge on any atom is 0.328 e. The molecule has 0 fully saturated rings. The largest absolute Gasteiger partial charge is 0.476 e. The Kier molecular flexibility index (Phi) is 4.84. The minimum atomic E-state index is -0.555. The summed E-state index contributed by atoms with van der Waals surface area (Å²) in [6, 6.07) is 11.6. The van der Waals surface area contributed by atoms with Gasteiger partial charge in [-0.2, -0.15) is 9.97 Å². The van der Waals surface area contributed by atoms with E-state index in [1.807, 2.05) is 6.92 Å². The van der Waals surface area contributed by atoms with Crippen molar-refractivity contribution in [3.8, 4) is 29.1 Å². The van der Waals surface area contributed by atoms with Crippen LogP contribution in [0.2, 0.25) is 0 Å².